The van der Waals surface area contributed by atoms with Gasteiger partial charge in [-0.05, 0) is 19.6 Å². The molecule has 6 heteroatoms. The van der Waals surface area contributed by atoms with E-state index in [0.717, 1.165) is 0 Å². The fourth-order valence-corrected chi connectivity index (χ4v) is 1.79. The van der Waals surface area contributed by atoms with Gasteiger partial charge in [-0.15, -0.1) is 0 Å². The second-order valence-corrected chi connectivity index (χ2v) is 3.60. The molecule has 1 rings (SSSR count). The molecule has 3 unspecified atom stereocenters. The molecule has 15 heavy (non-hydrogen) atoms. The third-order valence-corrected chi connectivity index (χ3v) is 2.53. The lowest BCUT2D eigenvalue weighted by Crippen LogP contribution is -2.54. The molecule has 0 bridgehead atoms. The topological polar surface area (TPSA) is 99.0 Å². The van der Waals surface area contributed by atoms with Crippen molar-refractivity contribution < 1.29 is 19.8 Å². The number of hydrogen-bond acceptors (Lipinski definition) is 4. The van der Waals surface area contributed by atoms with Crippen LogP contribution in [-0.2, 0) is 9.59 Å². The minimum Gasteiger partial charge on any atom is -0.481 e. The lowest BCUT2D eigenvalue weighted by atomic mass is 9.92. The van der Waals surface area contributed by atoms with Crippen LogP contribution in [0.2, 0.25) is 0 Å². The van der Waals surface area contributed by atoms with Crippen LogP contribution in [0.15, 0.2) is 4.99 Å². The molecule has 84 valence electrons. The maximum absolute atomic E-state index is 10.9. The minimum absolute atomic E-state index is 0.0619. The zero-order valence-corrected chi connectivity index (χ0v) is 8.22. The van der Waals surface area contributed by atoms with Crippen molar-refractivity contribution in [3.63, 3.8) is 0 Å². The Balaban J connectivity index is 2.61. The molecular formula is C9H14N2O4. The fourth-order valence-electron chi connectivity index (χ4n) is 1.79. The van der Waals surface area contributed by atoms with Gasteiger partial charge in [0.05, 0.1) is 12.5 Å². The molecule has 3 atom stereocenters. The first-order valence-electron chi connectivity index (χ1n) is 4.71. The van der Waals surface area contributed by atoms with Crippen molar-refractivity contribution >= 4 is 18.7 Å². The predicted molar refractivity (Wildman–Crippen MR) is 53.2 cm³/mol. The molecule has 1 heterocycles. The number of nitrogens with one attached hydrogen (secondary N) is 1. The highest BCUT2D eigenvalue weighted by molar-refractivity contribution is 5.75. The van der Waals surface area contributed by atoms with Crippen molar-refractivity contribution in [3.8, 4) is 0 Å². The van der Waals surface area contributed by atoms with Crippen LogP contribution in [0.4, 0.5) is 0 Å². The average molecular weight is 214 g/mol. The molecule has 3 N–H and O–H groups in total. The molecule has 0 spiro atoms. The highest BCUT2D eigenvalue weighted by Crippen LogP contribution is 2.18. The van der Waals surface area contributed by atoms with Crippen LogP contribution in [0.5, 0.6) is 0 Å². The van der Waals surface area contributed by atoms with Crippen LogP contribution in [0, 0.1) is 0 Å². The molecule has 0 radical (unpaired) electrons. The van der Waals surface area contributed by atoms with Gasteiger partial charge in [-0.25, -0.2) is 0 Å². The Labute approximate surface area is 87.0 Å². The van der Waals surface area contributed by atoms with Crippen LogP contribution < -0.4 is 5.32 Å². The Bertz CT molecular complexity index is 279. The predicted octanol–water partition coefficient (Wildman–Crippen LogP) is -0.264. The molecule has 0 aromatic heterocycles. The molecule has 0 amide bonds. The van der Waals surface area contributed by atoms with E-state index < -0.39 is 18.0 Å². The van der Waals surface area contributed by atoms with Gasteiger partial charge in [0.25, 0.3) is 0 Å². The monoisotopic (exact) mass is 214 g/mol. The number of rotatable bonds is 4. The first-order chi connectivity index (χ1) is 7.04. The van der Waals surface area contributed by atoms with Crippen LogP contribution in [-0.4, -0.2) is 47.0 Å². The van der Waals surface area contributed by atoms with Crippen LogP contribution in [0.3, 0.4) is 0 Å². The highest BCUT2D eigenvalue weighted by atomic mass is 16.4. The van der Waals surface area contributed by atoms with Crippen molar-refractivity contribution in [2.75, 3.05) is 0 Å². The first kappa shape index (κ1) is 11.6. The van der Waals surface area contributed by atoms with E-state index in [2.05, 4.69) is 17.0 Å². The lowest BCUT2D eigenvalue weighted by Gasteiger charge is -2.32. The Morgan fingerprint density at radius 2 is 2.07 bits per heavy atom. The van der Waals surface area contributed by atoms with Crippen molar-refractivity contribution in [1.29, 1.82) is 0 Å². The summed E-state index contributed by atoms with van der Waals surface area (Å²) in [6.45, 7) is 3.33. The molecule has 0 aliphatic carbocycles. The maximum atomic E-state index is 10.9. The van der Waals surface area contributed by atoms with Crippen molar-refractivity contribution in [2.24, 2.45) is 4.99 Å². The summed E-state index contributed by atoms with van der Waals surface area (Å²) in [6.07, 6.45) is 1.11. The Kier molecular flexibility index (Phi) is 3.79. The summed E-state index contributed by atoms with van der Waals surface area (Å²) >= 11 is 0. The van der Waals surface area contributed by atoms with E-state index in [1.165, 1.54) is 0 Å². The molecule has 0 aromatic rings. The zero-order chi connectivity index (χ0) is 11.4. The number of aliphatic imine (C=N–C) groups is 1. The molecular weight excluding hydrogens is 200 g/mol. The average Bonchev–Trinajstić information content (AvgIpc) is 2.16. The van der Waals surface area contributed by atoms with Gasteiger partial charge in [-0.3, -0.25) is 19.9 Å². The molecule has 1 saturated heterocycles. The second-order valence-electron chi connectivity index (χ2n) is 3.60. The van der Waals surface area contributed by atoms with Gasteiger partial charge < -0.3 is 10.2 Å². The number of hydrogen-bond donors (Lipinski definition) is 3. The zero-order valence-electron chi connectivity index (χ0n) is 8.22. The van der Waals surface area contributed by atoms with Gasteiger partial charge in [0.1, 0.15) is 6.04 Å². The summed E-state index contributed by atoms with van der Waals surface area (Å²) in [5.74, 6) is -1.94. The summed E-state index contributed by atoms with van der Waals surface area (Å²) in [7, 11) is 0. The van der Waals surface area contributed by atoms with Gasteiger partial charge in [0.2, 0.25) is 0 Å². The quantitative estimate of drug-likeness (QED) is 0.560. The number of carbonyl (C=O) groups is 2. The number of piperidine rings is 1. The standard InChI is InChI=1S/C9H14N2O4/c1-10-6-3-2-5(4-7(12)13)11-8(6)9(14)15/h5-6,8,11H,1-4H2,(H,12,13)(H,14,15). The van der Waals surface area contributed by atoms with Gasteiger partial charge >= 0.3 is 11.9 Å². The molecule has 1 fully saturated rings. The van der Waals surface area contributed by atoms with Crippen LogP contribution in [0.25, 0.3) is 0 Å². The molecule has 6 nitrogen and oxygen atoms in total. The van der Waals surface area contributed by atoms with E-state index in [1.807, 2.05) is 0 Å². The normalized spacial score (nSPS) is 30.8. The van der Waals surface area contributed by atoms with Gasteiger partial charge in [-0.1, -0.05) is 0 Å². The SMILES string of the molecule is C=NC1CCC(CC(=O)O)NC1C(=O)O. The first-order valence-corrected chi connectivity index (χ1v) is 4.71. The molecule has 0 aromatic carbocycles. The highest BCUT2D eigenvalue weighted by Gasteiger charge is 2.34. The van der Waals surface area contributed by atoms with Crippen LogP contribution >= 0.6 is 0 Å². The summed E-state index contributed by atoms with van der Waals surface area (Å²) in [4.78, 5) is 25.1. The van der Waals surface area contributed by atoms with E-state index in [4.69, 9.17) is 10.2 Å². The minimum atomic E-state index is -1.01. The molecule has 1 aliphatic rings. The number of carboxylic acid groups (broad SMARTS) is 2. The van der Waals surface area contributed by atoms with Crippen molar-refractivity contribution in [3.05, 3.63) is 0 Å². The number of aliphatic carboxylic acids is 2. The number of nitrogens with zero attached hydrogens (tertiary/aromatic N) is 1. The smallest absolute Gasteiger partial charge is 0.322 e. The molecule has 0 saturated carbocycles. The summed E-state index contributed by atoms with van der Waals surface area (Å²) in [5.41, 5.74) is 0. The summed E-state index contributed by atoms with van der Waals surface area (Å²) < 4.78 is 0. The van der Waals surface area contributed by atoms with E-state index in [1.54, 1.807) is 0 Å². The largest absolute Gasteiger partial charge is 0.481 e. The van der Waals surface area contributed by atoms with Gasteiger partial charge in [-0.2, -0.15) is 0 Å². The van der Waals surface area contributed by atoms with Crippen LogP contribution in [0.1, 0.15) is 19.3 Å². The van der Waals surface area contributed by atoms with E-state index >= 15 is 0 Å². The Hall–Kier alpha value is -1.43. The van der Waals surface area contributed by atoms with Crippen molar-refractivity contribution in [1.82, 2.24) is 5.32 Å². The Morgan fingerprint density at radius 1 is 1.40 bits per heavy atom. The van der Waals surface area contributed by atoms with Gasteiger partial charge in [0.15, 0.2) is 0 Å². The maximum Gasteiger partial charge on any atom is 0.322 e. The van der Waals surface area contributed by atoms with E-state index in [-0.39, 0.29) is 18.5 Å². The fraction of sp³-hybridized carbons (Fsp3) is 0.667. The van der Waals surface area contributed by atoms with E-state index in [9.17, 15) is 9.59 Å². The van der Waals surface area contributed by atoms with Gasteiger partial charge in [0, 0.05) is 6.04 Å². The summed E-state index contributed by atoms with van der Waals surface area (Å²) in [6, 6.07) is -1.48. The Morgan fingerprint density at radius 3 is 2.53 bits per heavy atom. The third-order valence-electron chi connectivity index (χ3n) is 2.53. The second kappa shape index (κ2) is 4.88. The summed E-state index contributed by atoms with van der Waals surface area (Å²) in [5, 5.41) is 20.3. The van der Waals surface area contributed by atoms with Crippen molar-refractivity contribution in [2.45, 2.75) is 37.4 Å². The van der Waals surface area contributed by atoms with E-state index in [0.29, 0.717) is 12.8 Å². The molecule has 1 aliphatic heterocycles. The lowest BCUT2D eigenvalue weighted by molar-refractivity contribution is -0.143. The number of carboxylic acids is 2. The third kappa shape index (κ3) is 3.02.